The topological polar surface area (TPSA) is 41.3 Å². The Morgan fingerprint density at radius 3 is 2.20 bits per heavy atom. The number of hydrazine groups is 2. The van der Waals surface area contributed by atoms with E-state index in [4.69, 9.17) is 5.84 Å². The number of nitrogens with one attached hydrogen (secondary N) is 1. The molecule has 0 bridgehead atoms. The van der Waals surface area contributed by atoms with Gasteiger partial charge in [-0.25, -0.2) is 5.43 Å². The van der Waals surface area contributed by atoms with Gasteiger partial charge in [0.25, 0.3) is 0 Å². The second-order valence-corrected chi connectivity index (χ2v) is 1.10. The van der Waals surface area contributed by atoms with Crippen LogP contribution in [0, 0.1) is 0 Å². The zero-order valence-electron chi connectivity index (χ0n) is 2.94. The average Bonchev–Trinajstić information content (AvgIpc) is 1.30. The molecule has 1 heterocycles. The molecule has 1 saturated heterocycles. The summed E-state index contributed by atoms with van der Waals surface area (Å²) in [5.41, 5.74) is 2.82. The fraction of sp³-hybridized carbons (Fsp3) is 1.00. The van der Waals surface area contributed by atoms with Gasteiger partial charge in [0.15, 0.2) is 0 Å². The predicted octanol–water partition coefficient (Wildman–Crippen LogP) is -1.32. The lowest BCUT2D eigenvalue weighted by atomic mass is 10.6. The van der Waals surface area contributed by atoms with Crippen LogP contribution in [0.25, 0.3) is 0 Å². The minimum absolute atomic E-state index is 0.986. The maximum absolute atomic E-state index is 5.10. The Hall–Kier alpha value is -0.120. The van der Waals surface area contributed by atoms with Crippen molar-refractivity contribution in [2.24, 2.45) is 5.84 Å². The van der Waals surface area contributed by atoms with E-state index in [9.17, 15) is 0 Å². The fourth-order valence-corrected chi connectivity index (χ4v) is 0.241. The van der Waals surface area contributed by atoms with E-state index in [0.29, 0.717) is 0 Å². The number of hydrogen-bond acceptors (Lipinski definition) is 3. The molecule has 0 aromatic heterocycles. The molecule has 0 radical (unpaired) electrons. The smallest absolute Gasteiger partial charge is 0.0425 e. The molecule has 3 nitrogen and oxygen atoms in total. The van der Waals surface area contributed by atoms with Crippen LogP contribution in [-0.4, -0.2) is 18.2 Å². The first kappa shape index (κ1) is 3.08. The molecule has 30 valence electrons. The molecule has 0 amide bonds. The van der Waals surface area contributed by atoms with Gasteiger partial charge < -0.3 is 0 Å². The largest absolute Gasteiger partial charge is 0.255 e. The van der Waals surface area contributed by atoms with Gasteiger partial charge in [-0.2, -0.15) is 5.12 Å². The molecule has 0 aromatic carbocycles. The second-order valence-electron chi connectivity index (χ2n) is 1.10. The lowest BCUT2D eigenvalue weighted by molar-refractivity contribution is 0.104. The van der Waals surface area contributed by atoms with Gasteiger partial charge in [-0.15, -0.1) is 0 Å². The fourth-order valence-electron chi connectivity index (χ4n) is 0.241. The van der Waals surface area contributed by atoms with E-state index >= 15 is 0 Å². The summed E-state index contributed by atoms with van der Waals surface area (Å²) in [5.74, 6) is 5.10. The third kappa shape index (κ3) is 0.397. The normalized spacial score (nSPS) is 25.8. The van der Waals surface area contributed by atoms with Crippen LogP contribution in [0.4, 0.5) is 0 Å². The van der Waals surface area contributed by atoms with Crippen LogP contribution in [0.5, 0.6) is 0 Å². The first-order valence-electron chi connectivity index (χ1n) is 1.65. The lowest BCUT2D eigenvalue weighted by Gasteiger charge is -2.25. The Morgan fingerprint density at radius 1 is 1.80 bits per heavy atom. The van der Waals surface area contributed by atoms with Crippen LogP contribution in [0.3, 0.4) is 0 Å². The Labute approximate surface area is 30.7 Å². The molecule has 1 rings (SSSR count). The molecule has 0 spiro atoms. The Morgan fingerprint density at radius 2 is 2.20 bits per heavy atom. The maximum atomic E-state index is 5.10. The van der Waals surface area contributed by atoms with E-state index in [1.165, 1.54) is 0 Å². The van der Waals surface area contributed by atoms with Crippen LogP contribution in [0.1, 0.15) is 0 Å². The highest BCUT2D eigenvalue weighted by molar-refractivity contribution is 4.53. The molecule has 3 heteroatoms. The molecule has 0 unspecified atom stereocenters. The van der Waals surface area contributed by atoms with Gasteiger partial charge in [-0.05, 0) is 0 Å². The number of rotatable bonds is 0. The van der Waals surface area contributed by atoms with Gasteiger partial charge in [-0.1, -0.05) is 0 Å². The Bertz CT molecular complexity index is 31.9. The summed E-state index contributed by atoms with van der Waals surface area (Å²) >= 11 is 0. The lowest BCUT2D eigenvalue weighted by Crippen LogP contribution is -2.57. The van der Waals surface area contributed by atoms with Crippen molar-refractivity contribution in [3.05, 3.63) is 0 Å². The van der Waals surface area contributed by atoms with Crippen molar-refractivity contribution >= 4 is 0 Å². The zero-order chi connectivity index (χ0) is 3.70. The molecule has 1 aliphatic heterocycles. The summed E-state index contributed by atoms with van der Waals surface area (Å²) in [6, 6.07) is 0. The molecule has 0 atom stereocenters. The predicted molar refractivity (Wildman–Crippen MR) is 18.9 cm³/mol. The van der Waals surface area contributed by atoms with Crippen LogP contribution in [-0.2, 0) is 0 Å². The minimum Gasteiger partial charge on any atom is -0.255 e. The van der Waals surface area contributed by atoms with Gasteiger partial charge in [0.2, 0.25) is 0 Å². The molecule has 0 aromatic rings. The van der Waals surface area contributed by atoms with Crippen LogP contribution in [0.15, 0.2) is 0 Å². The number of nitrogens with zero attached hydrogens (tertiary/aromatic N) is 1. The van der Waals surface area contributed by atoms with Gasteiger partial charge in [-0.3, -0.25) is 5.84 Å². The molecule has 1 aliphatic rings. The molecule has 0 saturated carbocycles. The molecular formula is C2H7N3. The summed E-state index contributed by atoms with van der Waals surface area (Å²) in [4.78, 5) is 0. The number of hydrogen-bond donors (Lipinski definition) is 2. The van der Waals surface area contributed by atoms with E-state index in [1.54, 1.807) is 5.12 Å². The summed E-state index contributed by atoms with van der Waals surface area (Å²) in [5, 5.41) is 1.56. The van der Waals surface area contributed by atoms with Gasteiger partial charge in [0.1, 0.15) is 0 Å². The molecule has 0 aliphatic carbocycles. The van der Waals surface area contributed by atoms with E-state index in [0.717, 1.165) is 13.1 Å². The second kappa shape index (κ2) is 0.931. The van der Waals surface area contributed by atoms with Crippen molar-refractivity contribution in [2.45, 2.75) is 0 Å². The quantitative estimate of drug-likeness (QED) is 0.349. The third-order valence-corrected chi connectivity index (χ3v) is 0.668. The molecule has 1 fully saturated rings. The standard InChI is InChI=1S/C2H7N3/c3-5-2-1-4-5/h4H,1-3H2. The van der Waals surface area contributed by atoms with Crippen LogP contribution < -0.4 is 11.3 Å². The van der Waals surface area contributed by atoms with Crippen LogP contribution >= 0.6 is 0 Å². The molecular weight excluding hydrogens is 66.0 g/mol. The van der Waals surface area contributed by atoms with Crippen molar-refractivity contribution < 1.29 is 0 Å². The van der Waals surface area contributed by atoms with Crippen molar-refractivity contribution in [1.29, 1.82) is 0 Å². The van der Waals surface area contributed by atoms with Crippen molar-refractivity contribution in [2.75, 3.05) is 13.1 Å². The van der Waals surface area contributed by atoms with E-state index in [1.807, 2.05) is 0 Å². The van der Waals surface area contributed by atoms with Crippen molar-refractivity contribution in [1.82, 2.24) is 10.5 Å². The summed E-state index contributed by atoms with van der Waals surface area (Å²) in [6.45, 7) is 2.02. The summed E-state index contributed by atoms with van der Waals surface area (Å²) < 4.78 is 0. The minimum atomic E-state index is 0.986. The van der Waals surface area contributed by atoms with Gasteiger partial charge in [0, 0.05) is 13.1 Å². The maximum Gasteiger partial charge on any atom is 0.0425 e. The van der Waals surface area contributed by atoms with Crippen molar-refractivity contribution in [3.63, 3.8) is 0 Å². The molecule has 3 N–H and O–H groups in total. The summed E-state index contributed by atoms with van der Waals surface area (Å²) in [7, 11) is 0. The SMILES string of the molecule is NN1CCN1. The average molecular weight is 73.1 g/mol. The monoisotopic (exact) mass is 73.1 g/mol. The summed E-state index contributed by atoms with van der Waals surface area (Å²) in [6.07, 6.45) is 0. The van der Waals surface area contributed by atoms with E-state index in [2.05, 4.69) is 5.43 Å². The Balaban J connectivity index is 2.08. The Kier molecular flexibility index (Phi) is 0.574. The van der Waals surface area contributed by atoms with E-state index in [-0.39, 0.29) is 0 Å². The highest BCUT2D eigenvalue weighted by Crippen LogP contribution is 1.76. The van der Waals surface area contributed by atoms with Crippen LogP contribution in [0.2, 0.25) is 0 Å². The molecule has 5 heavy (non-hydrogen) atoms. The van der Waals surface area contributed by atoms with E-state index < -0.39 is 0 Å². The zero-order valence-corrected chi connectivity index (χ0v) is 2.94. The van der Waals surface area contributed by atoms with Gasteiger partial charge >= 0.3 is 0 Å². The first-order valence-corrected chi connectivity index (χ1v) is 1.65. The first-order chi connectivity index (χ1) is 2.39. The van der Waals surface area contributed by atoms with Crippen molar-refractivity contribution in [3.8, 4) is 0 Å². The third-order valence-electron chi connectivity index (χ3n) is 0.668. The van der Waals surface area contributed by atoms with Gasteiger partial charge in [0.05, 0.1) is 0 Å². The highest BCUT2D eigenvalue weighted by Gasteiger charge is 2.03. The number of nitrogens with two attached hydrogens (primary N) is 1. The highest BCUT2D eigenvalue weighted by atomic mass is 15.7.